The molecule has 0 bridgehead atoms. The summed E-state index contributed by atoms with van der Waals surface area (Å²) in [6.07, 6.45) is 1.39. The lowest BCUT2D eigenvalue weighted by Gasteiger charge is -2.21. The zero-order valence-corrected chi connectivity index (χ0v) is 24.3. The van der Waals surface area contributed by atoms with E-state index >= 15 is 0 Å². The van der Waals surface area contributed by atoms with Crippen molar-refractivity contribution in [1.29, 1.82) is 0 Å². The van der Waals surface area contributed by atoms with Crippen molar-refractivity contribution in [1.82, 2.24) is 0 Å². The number of hydrogen-bond acceptors (Lipinski definition) is 5. The van der Waals surface area contributed by atoms with Crippen LogP contribution in [-0.4, -0.2) is 27.5 Å². The van der Waals surface area contributed by atoms with Gasteiger partial charge in [-0.05, 0) is 65.0 Å². The van der Waals surface area contributed by atoms with Crippen molar-refractivity contribution >= 4 is 53.9 Å². The van der Waals surface area contributed by atoms with Gasteiger partial charge in [0.2, 0.25) is 10.0 Å². The normalized spacial score (nSPS) is 11.8. The van der Waals surface area contributed by atoms with Crippen LogP contribution in [0.4, 0.5) is 10.1 Å². The van der Waals surface area contributed by atoms with E-state index in [1.165, 1.54) is 28.2 Å². The average molecular weight is 584 g/mol. The number of nitrogens with zero attached hydrogens (tertiary/aromatic N) is 1. The fraction of sp³-hybridized carbons (Fsp3) is 0.121. The monoisotopic (exact) mass is 583 g/mol. The molecule has 0 radical (unpaired) electrons. The summed E-state index contributed by atoms with van der Waals surface area (Å²) in [5.41, 5.74) is 4.19. The van der Waals surface area contributed by atoms with Crippen LogP contribution in [-0.2, 0) is 10.0 Å². The number of furan rings is 1. The molecule has 0 saturated carbocycles. The third-order valence-corrected chi connectivity index (χ3v) is 9.59. The van der Waals surface area contributed by atoms with Crippen LogP contribution in [0.5, 0.6) is 0 Å². The Morgan fingerprint density at radius 3 is 2.34 bits per heavy atom. The standard InChI is InChI=1S/C33H26FNO4S2/c1-4-28(36)32-26-18-25(21-9-7-10-22(16-21)31-17-23-8-5-6-11-30(23)40-31)27(35(2)41(3,37)38)19-29(26)39-33(32)20-12-14-24(34)15-13-20/h5-19H,4H2,1-3H3. The van der Waals surface area contributed by atoms with Crippen molar-refractivity contribution in [3.05, 3.63) is 102 Å². The Morgan fingerprint density at radius 2 is 1.63 bits per heavy atom. The first-order chi connectivity index (χ1) is 19.6. The van der Waals surface area contributed by atoms with Gasteiger partial charge in [-0.1, -0.05) is 43.3 Å². The van der Waals surface area contributed by atoms with Gasteiger partial charge < -0.3 is 4.42 Å². The number of hydrogen-bond donors (Lipinski definition) is 0. The van der Waals surface area contributed by atoms with Crippen LogP contribution >= 0.6 is 11.3 Å². The Bertz CT molecular complexity index is 2020. The average Bonchev–Trinajstić information content (AvgIpc) is 3.57. The second kappa shape index (κ2) is 10.3. The lowest BCUT2D eigenvalue weighted by atomic mass is 9.95. The molecule has 0 N–H and O–H groups in total. The summed E-state index contributed by atoms with van der Waals surface area (Å²) in [7, 11) is -2.13. The molecule has 5 nitrogen and oxygen atoms in total. The topological polar surface area (TPSA) is 67.6 Å². The maximum Gasteiger partial charge on any atom is 0.232 e. The fourth-order valence-electron chi connectivity index (χ4n) is 5.02. The van der Waals surface area contributed by atoms with Crippen LogP contribution in [0, 0.1) is 5.82 Å². The van der Waals surface area contributed by atoms with E-state index in [9.17, 15) is 17.6 Å². The quantitative estimate of drug-likeness (QED) is 0.176. The number of rotatable bonds is 7. The van der Waals surface area contributed by atoms with E-state index in [0.29, 0.717) is 39.1 Å². The SMILES string of the molecule is CCC(=O)c1c(-c2ccc(F)cc2)oc2cc(N(C)S(C)(=O)=O)c(-c3cccc(-c4cc5ccccc5s4)c3)cc12. The van der Waals surface area contributed by atoms with E-state index in [1.54, 1.807) is 36.5 Å². The van der Waals surface area contributed by atoms with Crippen molar-refractivity contribution in [2.45, 2.75) is 13.3 Å². The van der Waals surface area contributed by atoms with Crippen LogP contribution in [0.25, 0.3) is 53.9 Å². The van der Waals surface area contributed by atoms with Gasteiger partial charge >= 0.3 is 0 Å². The Morgan fingerprint density at radius 1 is 0.902 bits per heavy atom. The van der Waals surface area contributed by atoms with Gasteiger partial charge in [-0.3, -0.25) is 9.10 Å². The predicted molar refractivity (Wildman–Crippen MR) is 166 cm³/mol. The third kappa shape index (κ3) is 4.94. The Kier molecular flexibility index (Phi) is 6.76. The number of carbonyl (C=O) groups excluding carboxylic acids is 1. The van der Waals surface area contributed by atoms with Crippen molar-refractivity contribution in [3.8, 4) is 32.9 Å². The number of anilines is 1. The fourth-order valence-corrected chi connectivity index (χ4v) is 6.59. The highest BCUT2D eigenvalue weighted by Gasteiger charge is 2.25. The van der Waals surface area contributed by atoms with Crippen LogP contribution < -0.4 is 4.31 Å². The van der Waals surface area contributed by atoms with Crippen molar-refractivity contribution in [2.75, 3.05) is 17.6 Å². The lowest BCUT2D eigenvalue weighted by molar-refractivity contribution is 0.0989. The van der Waals surface area contributed by atoms with E-state index in [2.05, 4.69) is 18.2 Å². The summed E-state index contributed by atoms with van der Waals surface area (Å²) < 4.78 is 47.7. The molecule has 0 aliphatic carbocycles. The molecule has 206 valence electrons. The highest BCUT2D eigenvalue weighted by molar-refractivity contribution is 7.92. The van der Waals surface area contributed by atoms with Gasteiger partial charge in [0.15, 0.2) is 5.78 Å². The number of ketones is 1. The molecule has 0 spiro atoms. The van der Waals surface area contributed by atoms with Gasteiger partial charge in [-0.2, -0.15) is 0 Å². The minimum absolute atomic E-state index is 0.128. The molecule has 0 saturated heterocycles. The Balaban J connectivity index is 1.61. The molecular weight excluding hydrogens is 557 g/mol. The number of sulfonamides is 1. The summed E-state index contributed by atoms with van der Waals surface area (Å²) in [5, 5.41) is 1.73. The minimum Gasteiger partial charge on any atom is -0.455 e. The molecule has 41 heavy (non-hydrogen) atoms. The van der Waals surface area contributed by atoms with Crippen molar-refractivity contribution < 1.29 is 22.0 Å². The highest BCUT2D eigenvalue weighted by atomic mass is 32.2. The first kappa shape index (κ1) is 26.9. The van der Waals surface area contributed by atoms with E-state index in [0.717, 1.165) is 27.6 Å². The molecule has 6 rings (SSSR count). The second-order valence-electron chi connectivity index (χ2n) is 9.92. The van der Waals surface area contributed by atoms with Gasteiger partial charge in [-0.25, -0.2) is 12.8 Å². The highest BCUT2D eigenvalue weighted by Crippen LogP contribution is 2.43. The van der Waals surface area contributed by atoms with Crippen molar-refractivity contribution in [3.63, 3.8) is 0 Å². The summed E-state index contributed by atoms with van der Waals surface area (Å²) in [6.45, 7) is 1.77. The second-order valence-corrected chi connectivity index (χ2v) is 13.0. The smallest absolute Gasteiger partial charge is 0.232 e. The molecule has 2 heterocycles. The van der Waals surface area contributed by atoms with Crippen LogP contribution in [0.15, 0.2) is 95.4 Å². The number of thiophene rings is 1. The first-order valence-corrected chi connectivity index (χ1v) is 15.7. The number of Topliss-reactive ketones (excluding diaryl/α,β-unsaturated/α-hetero) is 1. The Labute approximate surface area is 241 Å². The van der Waals surface area contributed by atoms with Gasteiger partial charge in [0.25, 0.3) is 0 Å². The minimum atomic E-state index is -3.63. The van der Waals surface area contributed by atoms with E-state index in [-0.39, 0.29) is 12.2 Å². The van der Waals surface area contributed by atoms with Crippen LogP contribution in [0.3, 0.4) is 0 Å². The molecule has 6 aromatic rings. The largest absolute Gasteiger partial charge is 0.455 e. The molecule has 0 aliphatic heterocycles. The molecule has 8 heteroatoms. The molecule has 0 amide bonds. The van der Waals surface area contributed by atoms with E-state index < -0.39 is 15.8 Å². The molecule has 0 aliphatic rings. The zero-order chi connectivity index (χ0) is 28.9. The van der Waals surface area contributed by atoms with Gasteiger partial charge in [0, 0.05) is 45.6 Å². The van der Waals surface area contributed by atoms with E-state index in [4.69, 9.17) is 4.42 Å². The van der Waals surface area contributed by atoms with Crippen LogP contribution in [0.1, 0.15) is 23.7 Å². The van der Waals surface area contributed by atoms with Crippen LogP contribution in [0.2, 0.25) is 0 Å². The van der Waals surface area contributed by atoms with Gasteiger partial charge in [0.05, 0.1) is 17.5 Å². The van der Waals surface area contributed by atoms with Gasteiger partial charge in [0.1, 0.15) is 17.2 Å². The number of halogens is 1. The van der Waals surface area contributed by atoms with Crippen molar-refractivity contribution in [2.24, 2.45) is 0 Å². The summed E-state index contributed by atoms with van der Waals surface area (Å²) in [5.74, 6) is -0.195. The molecule has 0 atom stereocenters. The predicted octanol–water partition coefficient (Wildman–Crippen LogP) is 8.78. The number of carbonyl (C=O) groups is 1. The lowest BCUT2D eigenvalue weighted by Crippen LogP contribution is -2.25. The maximum absolute atomic E-state index is 13.7. The molecule has 4 aromatic carbocycles. The molecule has 2 aromatic heterocycles. The number of benzene rings is 4. The molecular formula is C33H26FNO4S2. The number of fused-ring (bicyclic) bond motifs is 2. The molecule has 0 fully saturated rings. The summed E-state index contributed by atoms with van der Waals surface area (Å²) >= 11 is 1.69. The van der Waals surface area contributed by atoms with Gasteiger partial charge in [-0.15, -0.1) is 11.3 Å². The third-order valence-electron chi connectivity index (χ3n) is 7.23. The summed E-state index contributed by atoms with van der Waals surface area (Å²) in [4.78, 5) is 14.4. The Hall–Kier alpha value is -4.27. The first-order valence-electron chi connectivity index (χ1n) is 13.1. The van der Waals surface area contributed by atoms with E-state index in [1.807, 2.05) is 42.5 Å². The molecule has 0 unspecified atom stereocenters. The zero-order valence-electron chi connectivity index (χ0n) is 22.6. The summed E-state index contributed by atoms with van der Waals surface area (Å²) in [6, 6.07) is 27.5. The maximum atomic E-state index is 13.7.